The van der Waals surface area contributed by atoms with Crippen LogP contribution in [0.3, 0.4) is 0 Å². The molecule has 0 atom stereocenters. The third-order valence-corrected chi connectivity index (χ3v) is 1.35. The first-order chi connectivity index (χ1) is 3.61. The Morgan fingerprint density at radius 2 is 2.00 bits per heavy atom. The van der Waals surface area contributed by atoms with Gasteiger partial charge in [0.1, 0.15) is 0 Å². The van der Waals surface area contributed by atoms with Crippen molar-refractivity contribution in [3.63, 3.8) is 0 Å². The Hall–Kier alpha value is -0.180. The molecule has 1 aliphatic heterocycles. The van der Waals surface area contributed by atoms with Crippen LogP contribution in [0.5, 0.6) is 0 Å². The van der Waals surface area contributed by atoms with E-state index < -0.39 is 11.8 Å². The van der Waals surface area contributed by atoms with Crippen molar-refractivity contribution in [2.75, 3.05) is 13.2 Å². The van der Waals surface area contributed by atoms with Crippen LogP contribution in [0.2, 0.25) is 0 Å². The highest BCUT2D eigenvalue weighted by Gasteiger charge is 2.39. The lowest BCUT2D eigenvalue weighted by atomic mass is 10.0. The Morgan fingerprint density at radius 3 is 2.00 bits per heavy atom. The highest BCUT2D eigenvalue weighted by molar-refractivity contribution is 4.76. The summed E-state index contributed by atoms with van der Waals surface area (Å²) >= 11 is 0. The van der Waals surface area contributed by atoms with E-state index in [4.69, 9.17) is 0 Å². The molecule has 0 bridgehead atoms. The summed E-state index contributed by atoms with van der Waals surface area (Å²) in [6.45, 7) is 1.38. The van der Waals surface area contributed by atoms with Gasteiger partial charge in [-0.15, -0.1) is 0 Å². The Balaban J connectivity index is 2.34. The standard InChI is InChI=1S/C5H8F2O/c1-5(6,7)4-2-8-3-4/h4H,2-3H2,1H3. The molecule has 0 spiro atoms. The largest absolute Gasteiger partial charge is 0.380 e. The zero-order valence-corrected chi connectivity index (χ0v) is 4.66. The fraction of sp³-hybridized carbons (Fsp3) is 1.00. The maximum absolute atomic E-state index is 12.1. The first-order valence-electron chi connectivity index (χ1n) is 2.56. The molecule has 0 N–H and O–H groups in total. The SMILES string of the molecule is CC(F)(F)C1COC1. The van der Waals surface area contributed by atoms with Crippen LogP contribution in [0.4, 0.5) is 8.78 Å². The van der Waals surface area contributed by atoms with Gasteiger partial charge in [0.05, 0.1) is 19.1 Å². The molecule has 1 saturated heterocycles. The molecule has 48 valence electrons. The highest BCUT2D eigenvalue weighted by atomic mass is 19.3. The smallest absolute Gasteiger partial charge is 0.252 e. The zero-order chi connectivity index (χ0) is 6.20. The second kappa shape index (κ2) is 1.65. The minimum Gasteiger partial charge on any atom is -0.380 e. The summed E-state index contributed by atoms with van der Waals surface area (Å²) < 4.78 is 28.8. The van der Waals surface area contributed by atoms with Crippen molar-refractivity contribution in [1.29, 1.82) is 0 Å². The van der Waals surface area contributed by atoms with E-state index >= 15 is 0 Å². The number of rotatable bonds is 1. The molecule has 0 aromatic heterocycles. The van der Waals surface area contributed by atoms with Gasteiger partial charge >= 0.3 is 0 Å². The predicted octanol–water partition coefficient (Wildman–Crippen LogP) is 1.29. The maximum atomic E-state index is 12.1. The summed E-state index contributed by atoms with van der Waals surface area (Å²) in [5, 5.41) is 0. The molecule has 0 aromatic carbocycles. The van der Waals surface area contributed by atoms with Crippen LogP contribution in [-0.2, 0) is 4.74 Å². The summed E-state index contributed by atoms with van der Waals surface area (Å²) in [5.74, 6) is -3.05. The van der Waals surface area contributed by atoms with Gasteiger partial charge in [0.15, 0.2) is 0 Å². The monoisotopic (exact) mass is 122 g/mol. The fourth-order valence-electron chi connectivity index (χ4n) is 0.528. The van der Waals surface area contributed by atoms with Crippen molar-refractivity contribution in [2.45, 2.75) is 12.8 Å². The van der Waals surface area contributed by atoms with Crippen molar-refractivity contribution < 1.29 is 13.5 Å². The number of hydrogen-bond acceptors (Lipinski definition) is 1. The van der Waals surface area contributed by atoms with Gasteiger partial charge in [-0.3, -0.25) is 0 Å². The lowest BCUT2D eigenvalue weighted by Crippen LogP contribution is -2.40. The molecule has 8 heavy (non-hydrogen) atoms. The summed E-state index contributed by atoms with van der Waals surface area (Å²) in [6.07, 6.45) is 0. The van der Waals surface area contributed by atoms with Gasteiger partial charge < -0.3 is 4.74 Å². The lowest BCUT2D eigenvalue weighted by molar-refractivity contribution is -0.159. The van der Waals surface area contributed by atoms with Crippen LogP contribution in [-0.4, -0.2) is 19.1 Å². The van der Waals surface area contributed by atoms with Gasteiger partial charge in [-0.05, 0) is 6.92 Å². The summed E-state index contributed by atoms with van der Waals surface area (Å²) in [4.78, 5) is 0. The van der Waals surface area contributed by atoms with Crippen LogP contribution >= 0.6 is 0 Å². The number of ether oxygens (including phenoxy) is 1. The van der Waals surface area contributed by atoms with Crippen molar-refractivity contribution in [1.82, 2.24) is 0 Å². The zero-order valence-electron chi connectivity index (χ0n) is 4.66. The maximum Gasteiger partial charge on any atom is 0.252 e. The van der Waals surface area contributed by atoms with E-state index in [-0.39, 0.29) is 13.2 Å². The molecule has 0 amide bonds. The van der Waals surface area contributed by atoms with E-state index in [1.807, 2.05) is 0 Å². The Kier molecular flexibility index (Phi) is 1.23. The normalized spacial score (nSPS) is 22.9. The van der Waals surface area contributed by atoms with E-state index in [2.05, 4.69) is 4.74 Å². The van der Waals surface area contributed by atoms with Gasteiger partial charge in [0.2, 0.25) is 0 Å². The van der Waals surface area contributed by atoms with E-state index in [1.54, 1.807) is 0 Å². The van der Waals surface area contributed by atoms with Crippen LogP contribution in [0, 0.1) is 5.92 Å². The molecule has 1 aliphatic rings. The van der Waals surface area contributed by atoms with Gasteiger partial charge in [-0.1, -0.05) is 0 Å². The molecular weight excluding hydrogens is 114 g/mol. The third-order valence-electron chi connectivity index (χ3n) is 1.35. The molecule has 0 radical (unpaired) electrons. The summed E-state index contributed by atoms with van der Waals surface area (Å²) in [7, 11) is 0. The molecule has 1 fully saturated rings. The lowest BCUT2D eigenvalue weighted by Gasteiger charge is -2.30. The highest BCUT2D eigenvalue weighted by Crippen LogP contribution is 2.29. The topological polar surface area (TPSA) is 9.23 Å². The molecule has 0 saturated carbocycles. The van der Waals surface area contributed by atoms with Crippen LogP contribution in [0.1, 0.15) is 6.92 Å². The van der Waals surface area contributed by atoms with Crippen molar-refractivity contribution >= 4 is 0 Å². The van der Waals surface area contributed by atoms with E-state index in [0.29, 0.717) is 0 Å². The third kappa shape index (κ3) is 0.968. The first-order valence-corrected chi connectivity index (χ1v) is 2.56. The Morgan fingerprint density at radius 1 is 1.50 bits per heavy atom. The molecule has 0 unspecified atom stereocenters. The molecule has 0 aromatic rings. The number of halogens is 2. The van der Waals surface area contributed by atoms with E-state index in [0.717, 1.165) is 6.92 Å². The van der Waals surface area contributed by atoms with Gasteiger partial charge in [0.25, 0.3) is 5.92 Å². The average Bonchev–Trinajstić information content (AvgIpc) is 1.16. The Labute approximate surface area is 46.6 Å². The second-order valence-electron chi connectivity index (χ2n) is 2.19. The Bertz CT molecular complexity index is 82.9. The number of hydrogen-bond donors (Lipinski definition) is 0. The molecule has 1 nitrogen and oxygen atoms in total. The fourth-order valence-corrected chi connectivity index (χ4v) is 0.528. The number of alkyl halides is 2. The van der Waals surface area contributed by atoms with E-state index in [9.17, 15) is 8.78 Å². The molecule has 1 heterocycles. The summed E-state index contributed by atoms with van der Waals surface area (Å²) in [6, 6.07) is 0. The van der Waals surface area contributed by atoms with Crippen LogP contribution < -0.4 is 0 Å². The second-order valence-corrected chi connectivity index (χ2v) is 2.19. The van der Waals surface area contributed by atoms with Crippen LogP contribution in [0.25, 0.3) is 0 Å². The van der Waals surface area contributed by atoms with Gasteiger partial charge in [-0.2, -0.15) is 0 Å². The van der Waals surface area contributed by atoms with Crippen molar-refractivity contribution in [3.05, 3.63) is 0 Å². The van der Waals surface area contributed by atoms with Crippen molar-refractivity contribution in [2.24, 2.45) is 5.92 Å². The van der Waals surface area contributed by atoms with Gasteiger partial charge in [-0.25, -0.2) is 8.78 Å². The minimum atomic E-state index is -2.53. The molecular formula is C5H8F2O. The molecule has 3 heteroatoms. The predicted molar refractivity (Wildman–Crippen MR) is 24.9 cm³/mol. The average molecular weight is 122 g/mol. The van der Waals surface area contributed by atoms with Crippen molar-refractivity contribution in [3.8, 4) is 0 Å². The first kappa shape index (κ1) is 5.95. The van der Waals surface area contributed by atoms with Crippen LogP contribution in [0.15, 0.2) is 0 Å². The summed E-state index contributed by atoms with van der Waals surface area (Å²) in [5.41, 5.74) is 0. The molecule has 1 rings (SSSR count). The quantitative estimate of drug-likeness (QED) is 0.509. The van der Waals surface area contributed by atoms with Gasteiger partial charge in [0, 0.05) is 0 Å². The molecule has 0 aliphatic carbocycles. The van der Waals surface area contributed by atoms with E-state index in [1.165, 1.54) is 0 Å². The minimum absolute atomic E-state index is 0.226.